The van der Waals surface area contributed by atoms with Crippen molar-refractivity contribution in [2.24, 2.45) is 5.92 Å². The minimum atomic E-state index is -2.72. The molecule has 0 spiro atoms. The number of aromatic carboxylic acids is 1. The van der Waals surface area contributed by atoms with Crippen LogP contribution in [0.2, 0.25) is 0 Å². The van der Waals surface area contributed by atoms with E-state index in [1.165, 1.54) is 6.42 Å². The van der Waals surface area contributed by atoms with Gasteiger partial charge in [0, 0.05) is 0 Å². The minimum Gasteiger partial charge on any atom is -0.478 e. The molecule has 0 radical (unpaired) electrons. The zero-order valence-corrected chi connectivity index (χ0v) is 19.5. The topological polar surface area (TPSA) is 71.4 Å². The van der Waals surface area contributed by atoms with Gasteiger partial charge in [-0.2, -0.15) is 0 Å². The number of unbranched alkanes of at least 4 members (excludes halogenated alkanes) is 1. The van der Waals surface area contributed by atoms with E-state index in [2.05, 4.69) is 6.92 Å². The van der Waals surface area contributed by atoms with Gasteiger partial charge in [0.1, 0.15) is 5.16 Å². The fourth-order valence-electron chi connectivity index (χ4n) is 5.09. The number of hydrogen-bond donors (Lipinski definition) is 1. The first-order valence-corrected chi connectivity index (χ1v) is 12.6. The molecular formula is C26H33O4P. The van der Waals surface area contributed by atoms with E-state index >= 15 is 0 Å². The number of carboxylic acid groups (broad SMARTS) is 1. The molecule has 1 fully saturated rings. The van der Waals surface area contributed by atoms with Crippen LogP contribution in [-0.2, 0) is 14.3 Å². The van der Waals surface area contributed by atoms with Gasteiger partial charge in [0.15, 0.2) is 0 Å². The summed E-state index contributed by atoms with van der Waals surface area (Å²) in [5, 5.41) is 8.86. The van der Waals surface area contributed by atoms with Crippen LogP contribution >= 0.6 is 7.68 Å². The molecule has 166 valence electrons. The second kappa shape index (κ2) is 10.4. The number of hydrogen-bond acceptors (Lipinski definition) is 3. The van der Waals surface area contributed by atoms with Gasteiger partial charge >= 0.3 is 13.6 Å². The van der Waals surface area contributed by atoms with Crippen molar-refractivity contribution in [3.63, 3.8) is 0 Å². The number of rotatable bonds is 9. The third-order valence-corrected chi connectivity index (χ3v) is 8.23. The van der Waals surface area contributed by atoms with E-state index in [9.17, 15) is 19.0 Å². The van der Waals surface area contributed by atoms with E-state index in [1.54, 1.807) is 12.1 Å². The average Bonchev–Trinajstić information content (AvgIpc) is 2.77. The third kappa shape index (κ3) is 5.18. The lowest BCUT2D eigenvalue weighted by Crippen LogP contribution is -2.26. The van der Waals surface area contributed by atoms with Gasteiger partial charge in [-0.1, -0.05) is 82.2 Å². The van der Waals surface area contributed by atoms with Crippen molar-refractivity contribution < 1.29 is 19.0 Å². The highest BCUT2D eigenvalue weighted by atomic mass is 31.1. The van der Waals surface area contributed by atoms with Crippen LogP contribution in [0.3, 0.4) is 0 Å². The summed E-state index contributed by atoms with van der Waals surface area (Å²) in [6.07, 6.45) is 8.68. The molecule has 0 aliphatic heterocycles. The molecule has 0 amide bonds. The molecule has 0 heterocycles. The Morgan fingerprint density at radius 3 is 2.39 bits per heavy atom. The maximum Gasteiger partial charge on any atom is 0.336 e. The molecule has 1 saturated carbocycles. The van der Waals surface area contributed by atoms with Gasteiger partial charge in [-0.15, -0.1) is 0 Å². The Morgan fingerprint density at radius 1 is 1.06 bits per heavy atom. The average molecular weight is 441 g/mol. The van der Waals surface area contributed by atoms with Gasteiger partial charge in [-0.05, 0) is 60.1 Å². The fraction of sp³-hybridized carbons (Fsp3) is 0.500. The lowest BCUT2D eigenvalue weighted by molar-refractivity contribution is 0.0697. The summed E-state index contributed by atoms with van der Waals surface area (Å²) in [6.45, 7) is 4.03. The van der Waals surface area contributed by atoms with E-state index in [0.29, 0.717) is 24.3 Å². The maximum atomic E-state index is 12.9. The molecule has 1 aliphatic carbocycles. The molecule has 0 aromatic heterocycles. The summed E-state index contributed by atoms with van der Waals surface area (Å²) >= 11 is 0. The third-order valence-electron chi connectivity index (χ3n) is 6.87. The van der Waals surface area contributed by atoms with Crippen LogP contribution in [0.4, 0.5) is 0 Å². The highest BCUT2D eigenvalue weighted by Crippen LogP contribution is 2.51. The minimum absolute atomic E-state index is 0.209. The first-order valence-electron chi connectivity index (χ1n) is 11.5. The molecule has 2 aromatic rings. The second-order valence-corrected chi connectivity index (χ2v) is 10.4. The molecule has 1 aliphatic rings. The molecule has 0 bridgehead atoms. The van der Waals surface area contributed by atoms with E-state index in [0.717, 1.165) is 55.2 Å². The van der Waals surface area contributed by atoms with Crippen molar-refractivity contribution in [1.29, 1.82) is 0 Å². The van der Waals surface area contributed by atoms with E-state index in [4.69, 9.17) is 0 Å². The van der Waals surface area contributed by atoms with Gasteiger partial charge in [0.2, 0.25) is 0 Å². The molecule has 0 saturated heterocycles. The van der Waals surface area contributed by atoms with Gasteiger partial charge in [0.05, 0.1) is 5.56 Å². The van der Waals surface area contributed by atoms with Crippen LogP contribution in [0, 0.1) is 12.8 Å². The van der Waals surface area contributed by atoms with E-state index in [1.807, 2.05) is 37.3 Å². The van der Waals surface area contributed by atoms with Crippen LogP contribution in [0.15, 0.2) is 42.5 Å². The molecule has 4 nitrogen and oxygen atoms in total. The molecule has 1 atom stereocenters. The summed E-state index contributed by atoms with van der Waals surface area (Å²) in [5.41, 5.74) is 3.36. The first kappa shape index (κ1) is 23.5. The summed E-state index contributed by atoms with van der Waals surface area (Å²) in [7, 11) is -2.72. The van der Waals surface area contributed by atoms with Crippen molar-refractivity contribution in [2.75, 3.05) is 0 Å². The summed E-state index contributed by atoms with van der Waals surface area (Å²) in [6, 6.07) is 12.9. The Morgan fingerprint density at radius 2 is 1.77 bits per heavy atom. The zero-order chi connectivity index (χ0) is 22.4. The van der Waals surface area contributed by atoms with Crippen molar-refractivity contribution in [2.45, 2.75) is 76.8 Å². The fourth-order valence-corrected chi connectivity index (χ4v) is 6.19. The van der Waals surface area contributed by atoms with Gasteiger partial charge in [-0.25, -0.2) is 13.9 Å². The second-order valence-electron chi connectivity index (χ2n) is 8.98. The van der Waals surface area contributed by atoms with Gasteiger partial charge < -0.3 is 5.11 Å². The monoisotopic (exact) mass is 440 g/mol. The largest absolute Gasteiger partial charge is 0.478 e. The normalized spacial score (nSPS) is 16.6. The van der Waals surface area contributed by atoms with Crippen LogP contribution in [-0.4, -0.2) is 11.1 Å². The maximum absolute atomic E-state index is 12.9. The number of carboxylic acids is 1. The molecule has 3 rings (SSSR count). The first-order chi connectivity index (χ1) is 14.9. The van der Waals surface area contributed by atoms with E-state index in [-0.39, 0.29) is 5.56 Å². The Balaban J connectivity index is 2.17. The molecule has 31 heavy (non-hydrogen) atoms. The van der Waals surface area contributed by atoms with Crippen molar-refractivity contribution in [3.05, 3.63) is 59.2 Å². The molecular weight excluding hydrogens is 407 g/mol. The Bertz CT molecular complexity index is 981. The van der Waals surface area contributed by atoms with Crippen molar-refractivity contribution in [1.82, 2.24) is 0 Å². The molecule has 2 aromatic carbocycles. The van der Waals surface area contributed by atoms with Gasteiger partial charge in [0.25, 0.3) is 0 Å². The Labute approximate surface area is 185 Å². The Kier molecular flexibility index (Phi) is 7.89. The van der Waals surface area contributed by atoms with Crippen molar-refractivity contribution >= 4 is 13.6 Å². The molecule has 1 unspecified atom stereocenters. The highest BCUT2D eigenvalue weighted by molar-refractivity contribution is 7.32. The lowest BCUT2D eigenvalue weighted by atomic mass is 9.77. The SMILES string of the molecule is CCCCC(CC1CCCCC1)(c1ccc(C(=O)O)c(-c2ccccc2C)c1)P(=O)=O. The zero-order valence-electron chi connectivity index (χ0n) is 18.6. The van der Waals surface area contributed by atoms with E-state index < -0.39 is 18.8 Å². The predicted molar refractivity (Wildman–Crippen MR) is 124 cm³/mol. The standard InChI is InChI=1S/C26H33O4P/c1-3-4-16-26(31(29)30,18-20-11-6-5-7-12-20)21-14-15-23(25(27)28)24(17-21)22-13-9-8-10-19(22)2/h8-10,13-15,17,20H,3-7,11-12,16,18H2,1-2H3,(H,27,28). The molecule has 5 heteroatoms. The smallest absolute Gasteiger partial charge is 0.336 e. The van der Waals surface area contributed by atoms with Crippen LogP contribution < -0.4 is 0 Å². The number of benzene rings is 2. The highest BCUT2D eigenvalue weighted by Gasteiger charge is 2.41. The summed E-state index contributed by atoms with van der Waals surface area (Å²) in [5.74, 6) is -0.595. The number of carbonyl (C=O) groups is 1. The van der Waals surface area contributed by atoms with Crippen LogP contribution in [0.5, 0.6) is 0 Å². The quantitative estimate of drug-likeness (QED) is 0.402. The summed E-state index contributed by atoms with van der Waals surface area (Å²) in [4.78, 5) is 12.0. The van der Waals surface area contributed by atoms with Crippen LogP contribution in [0.25, 0.3) is 11.1 Å². The lowest BCUT2D eigenvalue weighted by Gasteiger charge is -2.33. The Hall–Kier alpha value is -2.19. The predicted octanol–water partition coefficient (Wildman–Crippen LogP) is 7.89. The summed E-state index contributed by atoms with van der Waals surface area (Å²) < 4.78 is 25.7. The van der Waals surface area contributed by atoms with Crippen LogP contribution in [0.1, 0.15) is 86.2 Å². The number of aryl methyl sites for hydroxylation is 1. The van der Waals surface area contributed by atoms with Crippen molar-refractivity contribution in [3.8, 4) is 11.1 Å². The van der Waals surface area contributed by atoms with Gasteiger partial charge in [-0.3, -0.25) is 0 Å². The molecule has 1 N–H and O–H groups in total.